The van der Waals surface area contributed by atoms with Gasteiger partial charge in [0, 0.05) is 17.8 Å². The number of thiocarbonyl (C=S) groups is 1. The predicted octanol–water partition coefficient (Wildman–Crippen LogP) is 5.76. The Morgan fingerprint density at radius 1 is 1.15 bits per heavy atom. The van der Waals surface area contributed by atoms with Crippen molar-refractivity contribution in [1.29, 1.82) is 0 Å². The molecule has 1 unspecified atom stereocenters. The number of aromatic nitrogens is 2. The van der Waals surface area contributed by atoms with Crippen LogP contribution < -0.4 is 10.1 Å². The third-order valence-corrected chi connectivity index (χ3v) is 6.25. The molecule has 33 heavy (non-hydrogen) atoms. The molecule has 0 radical (unpaired) electrons. The Balaban J connectivity index is 1.78. The second kappa shape index (κ2) is 9.75. The largest absolute Gasteiger partial charge is 0.497 e. The van der Waals surface area contributed by atoms with Gasteiger partial charge in [0.2, 0.25) is 5.82 Å². The molecule has 6 nitrogen and oxygen atoms in total. The second-order valence-electron chi connectivity index (χ2n) is 8.78. The van der Waals surface area contributed by atoms with Gasteiger partial charge < -0.3 is 19.5 Å². The molecule has 0 saturated carbocycles. The van der Waals surface area contributed by atoms with Crippen molar-refractivity contribution in [3.05, 3.63) is 71.2 Å². The molecular weight excluding hydrogens is 432 g/mol. The van der Waals surface area contributed by atoms with E-state index in [1.165, 1.54) is 0 Å². The quantitative estimate of drug-likeness (QED) is 0.448. The van der Waals surface area contributed by atoms with Crippen LogP contribution in [0.25, 0.3) is 17.0 Å². The normalized spacial score (nSPS) is 16.4. The smallest absolute Gasteiger partial charge is 0.258 e. The number of benzene rings is 2. The molecule has 3 aromatic rings. The van der Waals surface area contributed by atoms with Gasteiger partial charge in [0.05, 0.1) is 18.7 Å². The van der Waals surface area contributed by atoms with E-state index in [9.17, 15) is 0 Å². The molecule has 172 valence electrons. The zero-order valence-corrected chi connectivity index (χ0v) is 20.6. The van der Waals surface area contributed by atoms with Gasteiger partial charge in [-0.2, -0.15) is 4.98 Å². The summed E-state index contributed by atoms with van der Waals surface area (Å²) in [4.78, 5) is 6.93. The van der Waals surface area contributed by atoms with E-state index >= 15 is 0 Å². The van der Waals surface area contributed by atoms with Crippen molar-refractivity contribution in [3.8, 4) is 17.1 Å². The Morgan fingerprint density at radius 3 is 2.58 bits per heavy atom. The van der Waals surface area contributed by atoms with E-state index in [0.29, 0.717) is 22.7 Å². The van der Waals surface area contributed by atoms with Crippen LogP contribution in [0, 0.1) is 12.8 Å². The van der Waals surface area contributed by atoms with Gasteiger partial charge in [-0.15, -0.1) is 0 Å². The predicted molar refractivity (Wildman–Crippen MR) is 135 cm³/mol. The summed E-state index contributed by atoms with van der Waals surface area (Å²) in [6.45, 7) is 9.39. The summed E-state index contributed by atoms with van der Waals surface area (Å²) in [5.74, 6) is 2.44. The summed E-state index contributed by atoms with van der Waals surface area (Å²) in [5.41, 5.74) is 5.09. The van der Waals surface area contributed by atoms with Crippen LogP contribution in [0.4, 0.5) is 0 Å². The van der Waals surface area contributed by atoms with Crippen LogP contribution in [0.2, 0.25) is 0 Å². The maximum Gasteiger partial charge on any atom is 0.258 e. The van der Waals surface area contributed by atoms with Crippen LogP contribution in [0.15, 0.2) is 58.8 Å². The van der Waals surface area contributed by atoms with Gasteiger partial charge in [0.1, 0.15) is 5.75 Å². The Labute approximate surface area is 200 Å². The van der Waals surface area contributed by atoms with E-state index in [2.05, 4.69) is 55.2 Å². The zero-order chi connectivity index (χ0) is 23.5. The number of allylic oxidation sites excluding steroid dienone is 1. The molecule has 1 N–H and O–H groups in total. The highest BCUT2D eigenvalue weighted by Gasteiger charge is 2.34. The van der Waals surface area contributed by atoms with Crippen molar-refractivity contribution >= 4 is 22.9 Å². The van der Waals surface area contributed by atoms with E-state index in [0.717, 1.165) is 46.7 Å². The molecule has 0 amide bonds. The number of methoxy groups -OCH3 is 1. The number of aryl methyl sites for hydroxylation is 1. The Kier molecular flexibility index (Phi) is 6.79. The first-order chi connectivity index (χ1) is 15.9. The molecule has 2 aromatic carbocycles. The van der Waals surface area contributed by atoms with E-state index < -0.39 is 0 Å². The molecule has 7 heteroatoms. The lowest BCUT2D eigenvalue weighted by molar-refractivity contribution is 0.390. The van der Waals surface area contributed by atoms with Crippen LogP contribution in [-0.4, -0.2) is 33.8 Å². The lowest BCUT2D eigenvalue weighted by atomic mass is 9.94. The fourth-order valence-electron chi connectivity index (χ4n) is 4.00. The molecule has 0 saturated heterocycles. The van der Waals surface area contributed by atoms with Gasteiger partial charge in [-0.05, 0) is 62.2 Å². The standard InChI is InChI=1S/C26H30N4O2S/c1-16(2)13-14-30-18(4)22(23(27-26(30)33)19-9-11-21(31-5)12-10-19)25-28-24(29-32-25)20-8-6-7-17(3)15-20/h6-12,15-16,23H,13-14H2,1-5H3,(H,27,33). The Morgan fingerprint density at radius 2 is 1.91 bits per heavy atom. The number of ether oxygens (including phenoxy) is 1. The molecule has 2 heterocycles. The van der Waals surface area contributed by atoms with Gasteiger partial charge in [0.25, 0.3) is 5.89 Å². The average Bonchev–Trinajstić information content (AvgIpc) is 3.28. The number of hydrogen-bond donors (Lipinski definition) is 1. The fraction of sp³-hybridized carbons (Fsp3) is 0.346. The van der Waals surface area contributed by atoms with Crippen LogP contribution >= 0.6 is 12.2 Å². The van der Waals surface area contributed by atoms with Crippen LogP contribution in [0.1, 0.15) is 50.3 Å². The Hall–Kier alpha value is -3.19. The highest BCUT2D eigenvalue weighted by atomic mass is 32.1. The lowest BCUT2D eigenvalue weighted by Gasteiger charge is -2.37. The molecule has 0 spiro atoms. The maximum absolute atomic E-state index is 5.82. The van der Waals surface area contributed by atoms with Gasteiger partial charge >= 0.3 is 0 Å². The summed E-state index contributed by atoms with van der Waals surface area (Å²) in [7, 11) is 1.66. The summed E-state index contributed by atoms with van der Waals surface area (Å²) >= 11 is 5.77. The number of rotatable bonds is 7. The van der Waals surface area contributed by atoms with Gasteiger partial charge in [-0.1, -0.05) is 54.9 Å². The minimum absolute atomic E-state index is 0.204. The van der Waals surface area contributed by atoms with E-state index in [1.807, 2.05) is 36.4 Å². The Bertz CT molecular complexity index is 1170. The molecule has 1 aromatic heterocycles. The lowest BCUT2D eigenvalue weighted by Crippen LogP contribution is -2.46. The first-order valence-electron chi connectivity index (χ1n) is 11.2. The first kappa shape index (κ1) is 23.0. The maximum atomic E-state index is 5.82. The van der Waals surface area contributed by atoms with Crippen LogP contribution in [0.5, 0.6) is 5.75 Å². The molecule has 1 aliphatic heterocycles. The van der Waals surface area contributed by atoms with Crippen molar-refractivity contribution in [2.45, 2.75) is 40.2 Å². The zero-order valence-electron chi connectivity index (χ0n) is 19.8. The highest BCUT2D eigenvalue weighted by molar-refractivity contribution is 7.80. The van der Waals surface area contributed by atoms with Gasteiger partial charge in [0.15, 0.2) is 5.11 Å². The SMILES string of the molecule is COc1ccc(C2NC(=S)N(CCC(C)C)C(C)=C2c2nc(-c3cccc(C)c3)no2)cc1. The molecule has 0 bridgehead atoms. The third kappa shape index (κ3) is 4.93. The van der Waals surface area contributed by atoms with Gasteiger partial charge in [-0.25, -0.2) is 0 Å². The minimum Gasteiger partial charge on any atom is -0.497 e. The van der Waals surface area contributed by atoms with Crippen molar-refractivity contribution in [3.63, 3.8) is 0 Å². The summed E-state index contributed by atoms with van der Waals surface area (Å²) < 4.78 is 11.2. The minimum atomic E-state index is -0.204. The molecular formula is C26H30N4O2S. The fourth-order valence-corrected chi connectivity index (χ4v) is 4.34. The number of nitrogens with one attached hydrogen (secondary N) is 1. The number of hydrogen-bond acceptors (Lipinski definition) is 5. The topological polar surface area (TPSA) is 63.4 Å². The average molecular weight is 463 g/mol. The monoisotopic (exact) mass is 462 g/mol. The summed E-state index contributed by atoms with van der Waals surface area (Å²) in [5, 5.41) is 8.51. The van der Waals surface area contributed by atoms with E-state index in [-0.39, 0.29) is 6.04 Å². The molecule has 1 aliphatic rings. The van der Waals surface area contributed by atoms with Crippen molar-refractivity contribution in [2.24, 2.45) is 5.92 Å². The van der Waals surface area contributed by atoms with E-state index in [1.54, 1.807) is 7.11 Å². The van der Waals surface area contributed by atoms with Crippen LogP contribution in [-0.2, 0) is 0 Å². The molecule has 0 fully saturated rings. The first-order valence-corrected chi connectivity index (χ1v) is 11.6. The highest BCUT2D eigenvalue weighted by Crippen LogP contribution is 2.38. The van der Waals surface area contributed by atoms with Crippen molar-refractivity contribution in [1.82, 2.24) is 20.4 Å². The van der Waals surface area contributed by atoms with E-state index in [4.69, 9.17) is 26.5 Å². The second-order valence-corrected chi connectivity index (χ2v) is 9.17. The van der Waals surface area contributed by atoms with Crippen molar-refractivity contribution in [2.75, 3.05) is 13.7 Å². The summed E-state index contributed by atoms with van der Waals surface area (Å²) in [6, 6.07) is 15.9. The van der Waals surface area contributed by atoms with Gasteiger partial charge in [-0.3, -0.25) is 0 Å². The third-order valence-electron chi connectivity index (χ3n) is 5.91. The molecule has 4 rings (SSSR count). The van der Waals surface area contributed by atoms with Crippen LogP contribution in [0.3, 0.4) is 0 Å². The molecule has 1 atom stereocenters. The number of nitrogens with zero attached hydrogens (tertiary/aromatic N) is 3. The van der Waals surface area contributed by atoms with Crippen molar-refractivity contribution < 1.29 is 9.26 Å². The summed E-state index contributed by atoms with van der Waals surface area (Å²) in [6.07, 6.45) is 1.03. The molecule has 0 aliphatic carbocycles.